The number of aromatic nitrogens is 1. The molecule has 0 saturated carbocycles. The molecule has 1 unspecified atom stereocenters. The van der Waals surface area contributed by atoms with E-state index < -0.39 is 0 Å². The van der Waals surface area contributed by atoms with Crippen LogP contribution in [0.2, 0.25) is 0 Å². The molecular weight excluding hydrogens is 403 g/mol. The molecule has 6 heteroatoms. The first-order chi connectivity index (χ1) is 10.6. The van der Waals surface area contributed by atoms with Gasteiger partial charge in [0.1, 0.15) is 0 Å². The van der Waals surface area contributed by atoms with Crippen LogP contribution in [0.1, 0.15) is 57.9 Å². The van der Waals surface area contributed by atoms with Crippen molar-refractivity contribution in [3.8, 4) is 0 Å². The molecule has 0 amide bonds. The van der Waals surface area contributed by atoms with E-state index in [1.807, 2.05) is 13.1 Å². The highest BCUT2D eigenvalue weighted by molar-refractivity contribution is 14.0. The van der Waals surface area contributed by atoms with E-state index in [0.29, 0.717) is 12.0 Å². The highest BCUT2D eigenvalue weighted by Gasteiger charge is 2.31. The predicted molar refractivity (Wildman–Crippen MR) is 105 cm³/mol. The molecule has 23 heavy (non-hydrogen) atoms. The fourth-order valence-electron chi connectivity index (χ4n) is 3.41. The van der Waals surface area contributed by atoms with Crippen LogP contribution in [-0.2, 0) is 13.0 Å². The van der Waals surface area contributed by atoms with Crippen molar-refractivity contribution in [2.75, 3.05) is 20.1 Å². The topological polar surface area (TPSA) is 53.7 Å². The Morgan fingerprint density at radius 1 is 1.48 bits per heavy atom. The molecule has 2 rings (SSSR count). The molecule has 2 heterocycles. The summed E-state index contributed by atoms with van der Waals surface area (Å²) < 4.78 is 5.33. The molecule has 1 aromatic rings. The molecule has 0 aliphatic carbocycles. The Kier molecular flexibility index (Phi) is 8.36. The number of aliphatic imine (C=N–C) groups is 1. The summed E-state index contributed by atoms with van der Waals surface area (Å²) in [5.41, 5.74) is 1.41. The van der Waals surface area contributed by atoms with Crippen molar-refractivity contribution < 1.29 is 4.52 Å². The Labute approximate surface area is 157 Å². The first-order valence-corrected chi connectivity index (χ1v) is 8.50. The number of piperidine rings is 1. The lowest BCUT2D eigenvalue weighted by atomic mass is 9.78. The van der Waals surface area contributed by atoms with Crippen LogP contribution in [0.4, 0.5) is 0 Å². The molecule has 1 aliphatic heterocycles. The average molecular weight is 434 g/mol. The van der Waals surface area contributed by atoms with Gasteiger partial charge in [0, 0.05) is 26.2 Å². The van der Waals surface area contributed by atoms with E-state index in [-0.39, 0.29) is 24.0 Å². The summed E-state index contributed by atoms with van der Waals surface area (Å²) in [4.78, 5) is 6.83. The van der Waals surface area contributed by atoms with Crippen LogP contribution in [0.15, 0.2) is 15.6 Å². The van der Waals surface area contributed by atoms with Gasteiger partial charge in [-0.1, -0.05) is 32.3 Å². The van der Waals surface area contributed by atoms with Crippen molar-refractivity contribution in [2.24, 2.45) is 10.4 Å². The van der Waals surface area contributed by atoms with Crippen molar-refractivity contribution >= 4 is 29.9 Å². The maximum Gasteiger partial charge on any atom is 0.194 e. The molecule has 0 spiro atoms. The highest BCUT2D eigenvalue weighted by Crippen LogP contribution is 2.33. The Bertz CT molecular complexity index is 499. The summed E-state index contributed by atoms with van der Waals surface area (Å²) in [5, 5.41) is 7.44. The second-order valence-electron chi connectivity index (χ2n) is 6.62. The Hall–Kier alpha value is -0.790. The molecule has 1 N–H and O–H groups in total. The minimum absolute atomic E-state index is 0. The molecule has 1 fully saturated rings. The van der Waals surface area contributed by atoms with Crippen molar-refractivity contribution in [3.05, 3.63) is 17.5 Å². The van der Waals surface area contributed by atoms with Crippen molar-refractivity contribution in [2.45, 2.75) is 59.4 Å². The van der Waals surface area contributed by atoms with Crippen LogP contribution < -0.4 is 5.32 Å². The number of rotatable bonds is 5. The first kappa shape index (κ1) is 20.3. The predicted octanol–water partition coefficient (Wildman–Crippen LogP) is 3.83. The van der Waals surface area contributed by atoms with Gasteiger partial charge in [-0.25, -0.2) is 0 Å². The van der Waals surface area contributed by atoms with Gasteiger partial charge in [0.15, 0.2) is 11.7 Å². The van der Waals surface area contributed by atoms with Gasteiger partial charge in [0.25, 0.3) is 0 Å². The van der Waals surface area contributed by atoms with Gasteiger partial charge in [-0.15, -0.1) is 24.0 Å². The first-order valence-electron chi connectivity index (χ1n) is 8.50. The zero-order valence-corrected chi connectivity index (χ0v) is 17.2. The molecule has 1 atom stereocenters. The van der Waals surface area contributed by atoms with Crippen molar-refractivity contribution in [3.63, 3.8) is 0 Å². The fourth-order valence-corrected chi connectivity index (χ4v) is 3.41. The molecule has 1 saturated heterocycles. The molecule has 1 aromatic heterocycles. The SMILES string of the molecule is CCCC1(C)CCCN(C(=NC)NCc2cc(CC)no2)C1.I. The number of guanidine groups is 1. The van der Waals surface area contributed by atoms with Gasteiger partial charge in [-0.2, -0.15) is 0 Å². The molecule has 132 valence electrons. The van der Waals surface area contributed by atoms with Crippen LogP contribution in [0.25, 0.3) is 0 Å². The van der Waals surface area contributed by atoms with Gasteiger partial charge >= 0.3 is 0 Å². The third-order valence-corrected chi connectivity index (χ3v) is 4.54. The normalized spacial score (nSPS) is 21.9. The lowest BCUT2D eigenvalue weighted by molar-refractivity contribution is 0.142. The lowest BCUT2D eigenvalue weighted by Crippen LogP contribution is -2.49. The van der Waals surface area contributed by atoms with Crippen molar-refractivity contribution in [1.82, 2.24) is 15.4 Å². The number of halogens is 1. The molecule has 1 aliphatic rings. The van der Waals surface area contributed by atoms with Gasteiger partial charge in [0.05, 0.1) is 12.2 Å². The van der Waals surface area contributed by atoms with Crippen molar-refractivity contribution in [1.29, 1.82) is 0 Å². The summed E-state index contributed by atoms with van der Waals surface area (Å²) >= 11 is 0. The number of aryl methyl sites for hydroxylation is 1. The Balaban J connectivity index is 0.00000264. The third kappa shape index (κ3) is 5.65. The number of likely N-dealkylation sites (tertiary alicyclic amines) is 1. The van der Waals surface area contributed by atoms with Crippen LogP contribution in [-0.4, -0.2) is 36.2 Å². The average Bonchev–Trinajstić information content (AvgIpc) is 2.96. The van der Waals surface area contributed by atoms with Crippen LogP contribution in [0.3, 0.4) is 0 Å². The van der Waals surface area contributed by atoms with E-state index >= 15 is 0 Å². The number of hydrogen-bond acceptors (Lipinski definition) is 3. The third-order valence-electron chi connectivity index (χ3n) is 4.54. The maximum atomic E-state index is 5.33. The van der Waals surface area contributed by atoms with E-state index in [9.17, 15) is 0 Å². The summed E-state index contributed by atoms with van der Waals surface area (Å²) in [7, 11) is 1.85. The maximum absolute atomic E-state index is 5.33. The van der Waals surface area contributed by atoms with E-state index in [2.05, 4.69) is 41.1 Å². The monoisotopic (exact) mass is 434 g/mol. The summed E-state index contributed by atoms with van der Waals surface area (Å²) in [6.07, 6.45) is 5.98. The zero-order valence-electron chi connectivity index (χ0n) is 14.9. The largest absolute Gasteiger partial charge is 0.359 e. The smallest absolute Gasteiger partial charge is 0.194 e. The molecular formula is C17H31IN4O. The Morgan fingerprint density at radius 3 is 2.87 bits per heavy atom. The summed E-state index contributed by atoms with van der Waals surface area (Å²) in [5.74, 6) is 1.84. The van der Waals surface area contributed by atoms with Crippen LogP contribution in [0.5, 0.6) is 0 Å². The van der Waals surface area contributed by atoms with E-state index in [4.69, 9.17) is 4.52 Å². The van der Waals surface area contributed by atoms with Gasteiger partial charge in [-0.3, -0.25) is 4.99 Å². The molecule has 0 radical (unpaired) electrons. The molecule has 0 bridgehead atoms. The van der Waals surface area contributed by atoms with Crippen LogP contribution >= 0.6 is 24.0 Å². The van der Waals surface area contributed by atoms with Gasteiger partial charge in [-0.05, 0) is 31.1 Å². The Morgan fingerprint density at radius 2 is 2.26 bits per heavy atom. The van der Waals surface area contributed by atoms with E-state index in [1.165, 1.54) is 25.7 Å². The number of nitrogens with zero attached hydrogens (tertiary/aromatic N) is 3. The summed E-state index contributed by atoms with van der Waals surface area (Å²) in [6, 6.07) is 2.01. The van der Waals surface area contributed by atoms with E-state index in [1.54, 1.807) is 0 Å². The van der Waals surface area contributed by atoms with Gasteiger partial charge in [0.2, 0.25) is 0 Å². The quantitative estimate of drug-likeness (QED) is 0.435. The zero-order chi connectivity index (χ0) is 16.0. The number of nitrogens with one attached hydrogen (secondary N) is 1. The standard InChI is InChI=1S/C17H30N4O.HI/c1-5-8-17(3)9-7-10-21(13-17)16(18-4)19-12-15-11-14(6-2)20-22-15;/h11H,5-10,12-13H2,1-4H3,(H,18,19);1H. The fraction of sp³-hybridized carbons (Fsp3) is 0.765. The van der Waals surface area contributed by atoms with Crippen LogP contribution in [0, 0.1) is 5.41 Å². The highest BCUT2D eigenvalue weighted by atomic mass is 127. The minimum atomic E-state index is 0. The summed E-state index contributed by atoms with van der Waals surface area (Å²) in [6.45, 7) is 9.55. The second-order valence-corrected chi connectivity index (χ2v) is 6.62. The molecule has 0 aromatic carbocycles. The minimum Gasteiger partial charge on any atom is -0.359 e. The second kappa shape index (κ2) is 9.49. The molecule has 5 nitrogen and oxygen atoms in total. The lowest BCUT2D eigenvalue weighted by Gasteiger charge is -2.41. The number of hydrogen-bond donors (Lipinski definition) is 1. The van der Waals surface area contributed by atoms with E-state index in [0.717, 1.165) is 36.9 Å². The van der Waals surface area contributed by atoms with Gasteiger partial charge < -0.3 is 14.7 Å².